The van der Waals surface area contributed by atoms with E-state index < -0.39 is 0 Å². The summed E-state index contributed by atoms with van der Waals surface area (Å²) in [6, 6.07) is 5.16. The average molecular weight is 345 g/mol. The number of methoxy groups -OCH3 is 1. The van der Waals surface area contributed by atoms with Crippen LogP contribution < -0.4 is 16.2 Å². The molecular weight excluding hydrogens is 318 g/mol. The Kier molecular flexibility index (Phi) is 6.03. The molecule has 0 saturated carbocycles. The Morgan fingerprint density at radius 2 is 2.00 bits per heavy atom. The van der Waals surface area contributed by atoms with E-state index in [1.807, 2.05) is 13.8 Å². The van der Waals surface area contributed by atoms with Crippen LogP contribution in [0.25, 0.3) is 0 Å². The quantitative estimate of drug-likeness (QED) is 0.436. The molecule has 0 radical (unpaired) electrons. The third-order valence-corrected chi connectivity index (χ3v) is 4.08. The highest BCUT2D eigenvalue weighted by Crippen LogP contribution is 2.21. The van der Waals surface area contributed by atoms with Crippen molar-refractivity contribution in [2.45, 2.75) is 26.1 Å². The zero-order chi connectivity index (χ0) is 18.6. The second kappa shape index (κ2) is 8.02. The van der Waals surface area contributed by atoms with Crippen molar-refractivity contribution >= 4 is 17.2 Å². The minimum absolute atomic E-state index is 0.114. The van der Waals surface area contributed by atoms with Crippen molar-refractivity contribution in [3.8, 4) is 5.75 Å². The van der Waals surface area contributed by atoms with E-state index in [1.165, 1.54) is 0 Å². The Balaban J connectivity index is 2.25. The number of ether oxygens (including phenoxy) is 2. The van der Waals surface area contributed by atoms with Crippen molar-refractivity contribution in [2.24, 2.45) is 10.7 Å². The molecule has 1 aromatic carbocycles. The molecule has 5 N–H and O–H groups in total. The van der Waals surface area contributed by atoms with E-state index in [4.69, 9.17) is 26.4 Å². The predicted molar refractivity (Wildman–Crippen MR) is 101 cm³/mol. The molecular formula is C18H27N5O2. The molecule has 0 aliphatic carbocycles. The topological polar surface area (TPSA) is 110 Å². The largest absolute Gasteiger partial charge is 0.497 e. The summed E-state index contributed by atoms with van der Waals surface area (Å²) in [4.78, 5) is 6.45. The summed E-state index contributed by atoms with van der Waals surface area (Å²) in [5.41, 5.74) is 13.6. The van der Waals surface area contributed by atoms with Crippen LogP contribution in [-0.2, 0) is 4.74 Å². The molecule has 2 unspecified atom stereocenters. The number of hydrogen-bond acceptors (Lipinski definition) is 6. The number of anilines is 1. The standard InChI is InChI=1S/C18H27N5O2/c1-11-9-23(10-12(2)25-11)17(22-3)8-16(20)18(21)14-7-13(24-4)5-6-15(14)19/h5-8,11-12,21H,9-10,19-20H2,1-4H3. The van der Waals surface area contributed by atoms with Crippen LogP contribution in [0.4, 0.5) is 5.69 Å². The summed E-state index contributed by atoms with van der Waals surface area (Å²) in [6.45, 7) is 5.52. The van der Waals surface area contributed by atoms with E-state index in [0.29, 0.717) is 22.7 Å². The molecule has 2 atom stereocenters. The van der Waals surface area contributed by atoms with Gasteiger partial charge >= 0.3 is 0 Å². The molecule has 25 heavy (non-hydrogen) atoms. The number of nitrogens with one attached hydrogen (secondary N) is 1. The van der Waals surface area contributed by atoms with Gasteiger partial charge in [-0.2, -0.15) is 0 Å². The molecule has 0 amide bonds. The Labute approximate surface area is 148 Å². The van der Waals surface area contributed by atoms with E-state index in [9.17, 15) is 0 Å². The van der Waals surface area contributed by atoms with Gasteiger partial charge < -0.3 is 25.8 Å². The Hall–Kier alpha value is -2.54. The number of benzene rings is 1. The molecule has 136 valence electrons. The zero-order valence-corrected chi connectivity index (χ0v) is 15.2. The highest BCUT2D eigenvalue weighted by atomic mass is 16.5. The summed E-state index contributed by atoms with van der Waals surface area (Å²) in [5, 5.41) is 8.38. The zero-order valence-electron chi connectivity index (χ0n) is 15.2. The normalized spacial score (nSPS) is 22.0. The predicted octanol–water partition coefficient (Wildman–Crippen LogP) is 1.63. The molecule has 1 heterocycles. The lowest BCUT2D eigenvalue weighted by Gasteiger charge is -2.36. The smallest absolute Gasteiger partial charge is 0.125 e. The van der Waals surface area contributed by atoms with Gasteiger partial charge in [-0.05, 0) is 32.0 Å². The van der Waals surface area contributed by atoms with Gasteiger partial charge in [-0.1, -0.05) is 0 Å². The number of hydrogen-bond donors (Lipinski definition) is 3. The average Bonchev–Trinajstić information content (AvgIpc) is 2.58. The number of allylic oxidation sites excluding steroid dienone is 1. The minimum atomic E-state index is 0.114. The van der Waals surface area contributed by atoms with Crippen LogP contribution in [0.1, 0.15) is 19.4 Å². The van der Waals surface area contributed by atoms with Gasteiger partial charge in [0.25, 0.3) is 0 Å². The van der Waals surface area contributed by atoms with Gasteiger partial charge in [0.2, 0.25) is 0 Å². The summed E-state index contributed by atoms with van der Waals surface area (Å²) >= 11 is 0. The lowest BCUT2D eigenvalue weighted by Crippen LogP contribution is -2.48. The first-order chi connectivity index (χ1) is 11.8. The van der Waals surface area contributed by atoms with Gasteiger partial charge in [-0.25, -0.2) is 0 Å². The van der Waals surface area contributed by atoms with Crippen LogP contribution >= 0.6 is 0 Å². The molecule has 0 aromatic heterocycles. The number of nitrogens with two attached hydrogens (primary N) is 2. The monoisotopic (exact) mass is 345 g/mol. The summed E-state index contributed by atoms with van der Waals surface area (Å²) in [7, 11) is 3.29. The van der Waals surface area contributed by atoms with E-state index >= 15 is 0 Å². The second-order valence-corrected chi connectivity index (χ2v) is 6.17. The van der Waals surface area contributed by atoms with Gasteiger partial charge in [0.05, 0.1) is 30.7 Å². The first kappa shape index (κ1) is 18.8. The highest BCUT2D eigenvalue weighted by Gasteiger charge is 2.24. The Morgan fingerprint density at radius 1 is 1.36 bits per heavy atom. The third kappa shape index (κ3) is 4.51. The van der Waals surface area contributed by atoms with E-state index in [1.54, 1.807) is 38.4 Å². The molecule has 1 fully saturated rings. The molecule has 2 rings (SSSR count). The molecule has 7 heteroatoms. The number of nitrogens with zero attached hydrogens (tertiary/aromatic N) is 2. The van der Waals surface area contributed by atoms with Crippen molar-refractivity contribution in [2.75, 3.05) is 33.0 Å². The van der Waals surface area contributed by atoms with Crippen LogP contribution in [0, 0.1) is 5.41 Å². The molecule has 1 aliphatic rings. The maximum atomic E-state index is 8.38. The lowest BCUT2D eigenvalue weighted by molar-refractivity contribution is -0.0478. The van der Waals surface area contributed by atoms with Gasteiger partial charge in [-0.15, -0.1) is 0 Å². The summed E-state index contributed by atoms with van der Waals surface area (Å²) < 4.78 is 11.0. The SMILES string of the molecule is CN=C(C=C(N)C(=N)c1cc(OC)ccc1N)N1CC(C)OC(C)C1. The minimum Gasteiger partial charge on any atom is -0.497 e. The van der Waals surface area contributed by atoms with E-state index in [2.05, 4.69) is 9.89 Å². The second-order valence-electron chi connectivity index (χ2n) is 6.17. The van der Waals surface area contributed by atoms with E-state index in [-0.39, 0.29) is 17.9 Å². The van der Waals surface area contributed by atoms with Gasteiger partial charge in [0, 0.05) is 37.5 Å². The van der Waals surface area contributed by atoms with Crippen molar-refractivity contribution in [1.82, 2.24) is 4.90 Å². The highest BCUT2D eigenvalue weighted by molar-refractivity contribution is 6.15. The number of rotatable bonds is 4. The number of morpholine rings is 1. The fourth-order valence-electron chi connectivity index (χ4n) is 2.91. The number of amidine groups is 1. The van der Waals surface area contributed by atoms with Crippen LogP contribution in [-0.4, -0.2) is 55.9 Å². The number of aliphatic imine (C=N–C) groups is 1. The van der Waals surface area contributed by atoms with Crippen molar-refractivity contribution in [3.63, 3.8) is 0 Å². The first-order valence-electron chi connectivity index (χ1n) is 8.22. The summed E-state index contributed by atoms with van der Waals surface area (Å²) in [5.74, 6) is 1.35. The van der Waals surface area contributed by atoms with E-state index in [0.717, 1.165) is 18.9 Å². The van der Waals surface area contributed by atoms with Gasteiger partial charge in [0.15, 0.2) is 0 Å². The van der Waals surface area contributed by atoms with Crippen molar-refractivity contribution in [3.05, 3.63) is 35.5 Å². The number of nitrogen functional groups attached to an aromatic ring is 1. The Morgan fingerprint density at radius 3 is 2.56 bits per heavy atom. The lowest BCUT2D eigenvalue weighted by atomic mass is 10.0. The molecule has 0 bridgehead atoms. The molecule has 0 spiro atoms. The fourth-order valence-corrected chi connectivity index (χ4v) is 2.91. The third-order valence-electron chi connectivity index (χ3n) is 4.08. The van der Waals surface area contributed by atoms with Gasteiger partial charge in [-0.3, -0.25) is 10.4 Å². The van der Waals surface area contributed by atoms with Crippen molar-refractivity contribution in [1.29, 1.82) is 5.41 Å². The van der Waals surface area contributed by atoms with Crippen LogP contribution in [0.3, 0.4) is 0 Å². The van der Waals surface area contributed by atoms with Crippen LogP contribution in [0.15, 0.2) is 35.0 Å². The Bertz CT molecular complexity index is 689. The fraction of sp³-hybridized carbons (Fsp3) is 0.444. The first-order valence-corrected chi connectivity index (χ1v) is 8.22. The molecule has 1 saturated heterocycles. The van der Waals surface area contributed by atoms with Gasteiger partial charge in [0.1, 0.15) is 11.6 Å². The maximum Gasteiger partial charge on any atom is 0.125 e. The molecule has 1 aliphatic heterocycles. The molecule has 1 aromatic rings. The summed E-state index contributed by atoms with van der Waals surface area (Å²) in [6.07, 6.45) is 1.94. The van der Waals surface area contributed by atoms with Crippen molar-refractivity contribution < 1.29 is 9.47 Å². The molecule has 7 nitrogen and oxygen atoms in total. The van der Waals surface area contributed by atoms with Crippen LogP contribution in [0.5, 0.6) is 5.75 Å². The van der Waals surface area contributed by atoms with Crippen LogP contribution in [0.2, 0.25) is 0 Å². The maximum absolute atomic E-state index is 8.38.